The number of carbonyl (C=O) groups is 2. The summed E-state index contributed by atoms with van der Waals surface area (Å²) in [6.45, 7) is 2.19. The number of carbonyl (C=O) groups excluding carboxylic acids is 2. The highest BCUT2D eigenvalue weighted by Gasteiger charge is 2.31. The summed E-state index contributed by atoms with van der Waals surface area (Å²) in [5, 5.41) is 4.96. The number of benzene rings is 3. The molecule has 0 aromatic heterocycles. The van der Waals surface area contributed by atoms with Crippen molar-refractivity contribution in [3.63, 3.8) is 0 Å². The molecule has 0 radical (unpaired) electrons. The van der Waals surface area contributed by atoms with Crippen molar-refractivity contribution in [2.24, 2.45) is 0 Å². The van der Waals surface area contributed by atoms with Gasteiger partial charge in [0.2, 0.25) is 0 Å². The van der Waals surface area contributed by atoms with Crippen LogP contribution in [0, 0.1) is 0 Å². The maximum Gasteiger partial charge on any atom is 0.261 e. The van der Waals surface area contributed by atoms with Crippen molar-refractivity contribution in [3.05, 3.63) is 71.8 Å². The Bertz CT molecular complexity index is 1010. The molecule has 3 aromatic carbocycles. The summed E-state index contributed by atoms with van der Waals surface area (Å²) in [5.74, 6) is 1.14. The minimum atomic E-state index is -0.228. The lowest BCUT2D eigenvalue weighted by molar-refractivity contribution is 0.0612. The number of imide groups is 1. The third-order valence-electron chi connectivity index (χ3n) is 5.19. The Morgan fingerprint density at radius 1 is 0.833 bits per heavy atom. The van der Waals surface area contributed by atoms with Gasteiger partial charge in [-0.25, -0.2) is 0 Å². The lowest BCUT2D eigenvalue weighted by atomic mass is 9.94. The summed E-state index contributed by atoms with van der Waals surface area (Å²) in [4.78, 5) is 27.0. The molecular weight excluding hydrogens is 380 g/mol. The van der Waals surface area contributed by atoms with E-state index in [1.165, 1.54) is 4.90 Å². The fourth-order valence-corrected chi connectivity index (χ4v) is 3.66. The maximum absolute atomic E-state index is 12.8. The smallest absolute Gasteiger partial charge is 0.261 e. The highest BCUT2D eigenvalue weighted by Crippen LogP contribution is 2.29. The number of hydrogen-bond acceptors (Lipinski definition) is 5. The maximum atomic E-state index is 12.8. The van der Waals surface area contributed by atoms with Crippen LogP contribution in [0.2, 0.25) is 0 Å². The van der Waals surface area contributed by atoms with Crippen molar-refractivity contribution >= 4 is 22.6 Å². The molecule has 0 saturated carbocycles. The van der Waals surface area contributed by atoms with E-state index in [2.05, 4.69) is 5.32 Å². The Balaban J connectivity index is 1.24. The Kier molecular flexibility index (Phi) is 5.95. The summed E-state index contributed by atoms with van der Waals surface area (Å²) in [7, 11) is 1.63. The third-order valence-corrected chi connectivity index (χ3v) is 5.19. The zero-order valence-corrected chi connectivity index (χ0v) is 16.9. The van der Waals surface area contributed by atoms with E-state index >= 15 is 0 Å². The molecule has 1 aliphatic rings. The van der Waals surface area contributed by atoms with Crippen LogP contribution < -0.4 is 14.8 Å². The molecule has 1 heterocycles. The molecule has 2 amide bonds. The van der Waals surface area contributed by atoms with Crippen LogP contribution in [0.15, 0.2) is 60.7 Å². The van der Waals surface area contributed by atoms with Crippen LogP contribution in [0.3, 0.4) is 0 Å². The second-order valence-corrected chi connectivity index (χ2v) is 7.10. The van der Waals surface area contributed by atoms with E-state index in [0.717, 1.165) is 35.2 Å². The lowest BCUT2D eigenvalue weighted by Crippen LogP contribution is -2.44. The van der Waals surface area contributed by atoms with Gasteiger partial charge in [-0.3, -0.25) is 14.5 Å². The van der Waals surface area contributed by atoms with Crippen LogP contribution in [0.25, 0.3) is 10.8 Å². The molecule has 0 bridgehead atoms. The topological polar surface area (TPSA) is 67.9 Å². The van der Waals surface area contributed by atoms with Crippen LogP contribution in [-0.2, 0) is 0 Å². The minimum Gasteiger partial charge on any atom is -0.497 e. The van der Waals surface area contributed by atoms with Crippen molar-refractivity contribution in [3.8, 4) is 11.5 Å². The Morgan fingerprint density at radius 2 is 1.47 bits per heavy atom. The van der Waals surface area contributed by atoms with E-state index < -0.39 is 0 Å². The quantitative estimate of drug-likeness (QED) is 0.437. The number of nitrogens with one attached hydrogen (secondary N) is 1. The van der Waals surface area contributed by atoms with Crippen LogP contribution in [0.1, 0.15) is 27.1 Å². The Morgan fingerprint density at radius 3 is 2.10 bits per heavy atom. The first-order valence-electron chi connectivity index (χ1n) is 10.0. The number of ether oxygens (including phenoxy) is 2. The molecule has 30 heavy (non-hydrogen) atoms. The molecule has 0 atom stereocenters. The van der Waals surface area contributed by atoms with E-state index in [1.807, 2.05) is 48.5 Å². The van der Waals surface area contributed by atoms with Crippen molar-refractivity contribution in [1.82, 2.24) is 10.2 Å². The standard InChI is InChI=1S/C24H24N2O4/c1-29-18-9-11-19(12-10-18)30-16-4-13-25-14-15-26-23(27)20-7-2-5-17-6-3-8-21(22(17)20)24(26)28/h2-3,5-12,25H,4,13-16H2,1H3. The van der Waals surface area contributed by atoms with Crippen LogP contribution in [0.4, 0.5) is 0 Å². The molecule has 6 heteroatoms. The number of methoxy groups -OCH3 is 1. The fraction of sp³-hybridized carbons (Fsp3) is 0.250. The fourth-order valence-electron chi connectivity index (χ4n) is 3.66. The molecule has 4 rings (SSSR count). The SMILES string of the molecule is COc1ccc(OCCCNCCN2C(=O)c3cccc4cccc(c34)C2=O)cc1. The molecule has 6 nitrogen and oxygen atoms in total. The molecule has 154 valence electrons. The highest BCUT2D eigenvalue weighted by molar-refractivity contribution is 6.25. The van der Waals surface area contributed by atoms with Gasteiger partial charge in [-0.05, 0) is 54.8 Å². The van der Waals surface area contributed by atoms with Crippen molar-refractivity contribution < 1.29 is 19.1 Å². The summed E-state index contributed by atoms with van der Waals surface area (Å²) < 4.78 is 10.8. The molecule has 0 aliphatic carbocycles. The van der Waals surface area contributed by atoms with Gasteiger partial charge in [-0.15, -0.1) is 0 Å². The van der Waals surface area contributed by atoms with E-state index in [-0.39, 0.29) is 11.8 Å². The van der Waals surface area contributed by atoms with E-state index in [0.29, 0.717) is 30.8 Å². The molecule has 3 aromatic rings. The zero-order valence-electron chi connectivity index (χ0n) is 16.9. The van der Waals surface area contributed by atoms with Gasteiger partial charge in [0, 0.05) is 29.6 Å². The molecule has 1 N–H and O–H groups in total. The van der Waals surface area contributed by atoms with Crippen molar-refractivity contribution in [2.45, 2.75) is 6.42 Å². The first kappa shape index (κ1) is 19.9. The molecule has 0 spiro atoms. The first-order valence-corrected chi connectivity index (χ1v) is 10.0. The second kappa shape index (κ2) is 8.97. The molecular formula is C24H24N2O4. The van der Waals surface area contributed by atoms with Crippen molar-refractivity contribution in [1.29, 1.82) is 0 Å². The molecule has 0 saturated heterocycles. The molecule has 1 aliphatic heterocycles. The number of amides is 2. The minimum absolute atomic E-state index is 0.228. The first-order chi connectivity index (χ1) is 14.7. The summed E-state index contributed by atoms with van der Waals surface area (Å²) in [5.41, 5.74) is 1.19. The lowest BCUT2D eigenvalue weighted by Gasteiger charge is -2.27. The second-order valence-electron chi connectivity index (χ2n) is 7.10. The van der Waals surface area contributed by atoms with Gasteiger partial charge in [0.15, 0.2) is 0 Å². The summed E-state index contributed by atoms with van der Waals surface area (Å²) in [6, 6.07) is 18.6. The van der Waals surface area contributed by atoms with Gasteiger partial charge in [0.05, 0.1) is 13.7 Å². The normalized spacial score (nSPS) is 13.0. The van der Waals surface area contributed by atoms with Crippen LogP contribution in [0.5, 0.6) is 11.5 Å². The number of rotatable bonds is 9. The average Bonchev–Trinajstić information content (AvgIpc) is 2.79. The average molecular weight is 404 g/mol. The predicted molar refractivity (Wildman–Crippen MR) is 115 cm³/mol. The van der Waals surface area contributed by atoms with Gasteiger partial charge in [0.1, 0.15) is 11.5 Å². The highest BCUT2D eigenvalue weighted by atomic mass is 16.5. The third kappa shape index (κ3) is 4.00. The monoisotopic (exact) mass is 404 g/mol. The number of nitrogens with zero attached hydrogens (tertiary/aromatic N) is 1. The van der Waals surface area contributed by atoms with Gasteiger partial charge in [-0.1, -0.05) is 24.3 Å². The Hall–Kier alpha value is -3.38. The molecule has 0 fully saturated rings. The van der Waals surface area contributed by atoms with Crippen LogP contribution in [-0.4, -0.2) is 50.1 Å². The van der Waals surface area contributed by atoms with Gasteiger partial charge in [0.25, 0.3) is 11.8 Å². The van der Waals surface area contributed by atoms with Gasteiger partial charge in [-0.2, -0.15) is 0 Å². The predicted octanol–water partition coefficient (Wildman–Crippen LogP) is 3.50. The summed E-state index contributed by atoms with van der Waals surface area (Å²) in [6.07, 6.45) is 0.816. The van der Waals surface area contributed by atoms with E-state index in [4.69, 9.17) is 9.47 Å². The zero-order chi connectivity index (χ0) is 20.9. The van der Waals surface area contributed by atoms with Gasteiger partial charge < -0.3 is 14.8 Å². The van der Waals surface area contributed by atoms with E-state index in [9.17, 15) is 9.59 Å². The number of hydrogen-bond donors (Lipinski definition) is 1. The largest absolute Gasteiger partial charge is 0.497 e. The Labute approximate surface area is 175 Å². The van der Waals surface area contributed by atoms with Crippen molar-refractivity contribution in [2.75, 3.05) is 33.4 Å². The van der Waals surface area contributed by atoms with Crippen LogP contribution >= 0.6 is 0 Å². The van der Waals surface area contributed by atoms with Gasteiger partial charge >= 0.3 is 0 Å². The van der Waals surface area contributed by atoms with E-state index in [1.54, 1.807) is 19.2 Å². The molecule has 0 unspecified atom stereocenters. The summed E-state index contributed by atoms with van der Waals surface area (Å²) >= 11 is 0.